The van der Waals surface area contributed by atoms with E-state index in [-0.39, 0.29) is 12.5 Å². The number of hydrogen-bond donors (Lipinski definition) is 3. The number of benzene rings is 1. The Labute approximate surface area is 147 Å². The highest BCUT2D eigenvalue weighted by Gasteiger charge is 2.05. The average Bonchev–Trinajstić information content (AvgIpc) is 3.16. The van der Waals surface area contributed by atoms with Gasteiger partial charge in [0.1, 0.15) is 11.5 Å². The van der Waals surface area contributed by atoms with E-state index in [1.807, 2.05) is 30.3 Å². The zero-order valence-electron chi connectivity index (χ0n) is 14.5. The van der Waals surface area contributed by atoms with E-state index in [0.717, 1.165) is 17.7 Å². The fraction of sp³-hybridized carbons (Fsp3) is 0.333. The Hall–Kier alpha value is -2.96. The first-order valence-corrected chi connectivity index (χ1v) is 8.08. The molecule has 0 aliphatic carbocycles. The number of carbonyl (C=O) groups is 1. The van der Waals surface area contributed by atoms with Crippen LogP contribution in [0.25, 0.3) is 0 Å². The number of amides is 1. The molecule has 25 heavy (non-hydrogen) atoms. The number of para-hydroxylation sites is 1. The predicted octanol–water partition coefficient (Wildman–Crippen LogP) is 1.31. The van der Waals surface area contributed by atoms with E-state index in [0.29, 0.717) is 24.8 Å². The number of nitrogens with zero attached hydrogens (tertiary/aromatic N) is 1. The van der Waals surface area contributed by atoms with Gasteiger partial charge in [0, 0.05) is 13.6 Å². The lowest BCUT2D eigenvalue weighted by molar-refractivity contribution is -0.120. The molecule has 0 fully saturated rings. The van der Waals surface area contributed by atoms with Crippen LogP contribution in [0.5, 0.6) is 5.75 Å². The van der Waals surface area contributed by atoms with Crippen molar-refractivity contribution in [2.45, 2.75) is 13.0 Å². The number of methoxy groups -OCH3 is 1. The summed E-state index contributed by atoms with van der Waals surface area (Å²) in [6.07, 6.45) is 2.36. The van der Waals surface area contributed by atoms with Crippen molar-refractivity contribution < 1.29 is 13.9 Å². The third-order valence-corrected chi connectivity index (χ3v) is 3.56. The molecule has 0 saturated carbocycles. The summed E-state index contributed by atoms with van der Waals surface area (Å²) in [6.45, 7) is 1.18. The summed E-state index contributed by atoms with van der Waals surface area (Å²) >= 11 is 0. The summed E-state index contributed by atoms with van der Waals surface area (Å²) in [5.41, 5.74) is 1.11. The molecular formula is C18H24N4O3. The fourth-order valence-electron chi connectivity index (χ4n) is 2.27. The Morgan fingerprint density at radius 3 is 2.72 bits per heavy atom. The van der Waals surface area contributed by atoms with Gasteiger partial charge in [-0.25, -0.2) is 0 Å². The normalized spacial score (nSPS) is 11.0. The number of ether oxygens (including phenoxy) is 1. The van der Waals surface area contributed by atoms with E-state index in [2.05, 4.69) is 20.9 Å². The summed E-state index contributed by atoms with van der Waals surface area (Å²) in [7, 11) is 3.33. The second kappa shape index (κ2) is 10.0. The van der Waals surface area contributed by atoms with Crippen LogP contribution in [0.3, 0.4) is 0 Å². The van der Waals surface area contributed by atoms with Crippen molar-refractivity contribution in [3.8, 4) is 5.75 Å². The molecule has 2 rings (SSSR count). The molecule has 0 aliphatic heterocycles. The highest BCUT2D eigenvalue weighted by Crippen LogP contribution is 2.17. The standard InChI is InChI=1S/C18H24N4O3/c1-19-18(20-10-9-14-6-3-4-8-16(14)24-2)22-13-17(23)21-12-15-7-5-11-25-15/h3-8,11H,9-10,12-13H2,1-2H3,(H,21,23)(H2,19,20,22). The lowest BCUT2D eigenvalue weighted by Crippen LogP contribution is -2.43. The van der Waals surface area contributed by atoms with Crippen molar-refractivity contribution in [2.24, 2.45) is 4.99 Å². The number of furan rings is 1. The van der Waals surface area contributed by atoms with E-state index in [4.69, 9.17) is 9.15 Å². The van der Waals surface area contributed by atoms with Gasteiger partial charge in [-0.05, 0) is 30.2 Å². The molecule has 134 valence electrons. The molecule has 7 heteroatoms. The quantitative estimate of drug-likeness (QED) is 0.496. The Balaban J connectivity index is 1.69. The summed E-state index contributed by atoms with van der Waals surface area (Å²) in [6, 6.07) is 11.5. The van der Waals surface area contributed by atoms with E-state index in [1.165, 1.54) is 0 Å². The van der Waals surface area contributed by atoms with Crippen LogP contribution in [0.15, 0.2) is 52.1 Å². The van der Waals surface area contributed by atoms with E-state index < -0.39 is 0 Å². The van der Waals surface area contributed by atoms with Crippen molar-refractivity contribution in [3.63, 3.8) is 0 Å². The number of carbonyl (C=O) groups excluding carboxylic acids is 1. The first-order chi connectivity index (χ1) is 12.2. The van der Waals surface area contributed by atoms with Gasteiger partial charge in [0.15, 0.2) is 5.96 Å². The van der Waals surface area contributed by atoms with Crippen LogP contribution in [-0.4, -0.2) is 39.1 Å². The van der Waals surface area contributed by atoms with Crippen molar-refractivity contribution in [1.82, 2.24) is 16.0 Å². The van der Waals surface area contributed by atoms with Crippen LogP contribution in [0, 0.1) is 0 Å². The molecule has 7 nitrogen and oxygen atoms in total. The second-order valence-electron chi connectivity index (χ2n) is 5.27. The second-order valence-corrected chi connectivity index (χ2v) is 5.27. The minimum Gasteiger partial charge on any atom is -0.496 e. The van der Waals surface area contributed by atoms with E-state index in [1.54, 1.807) is 26.5 Å². The number of hydrogen-bond acceptors (Lipinski definition) is 4. The molecule has 0 bridgehead atoms. The molecule has 1 aromatic carbocycles. The maximum Gasteiger partial charge on any atom is 0.239 e. The molecule has 0 spiro atoms. The van der Waals surface area contributed by atoms with Gasteiger partial charge in [0.05, 0.1) is 26.5 Å². The van der Waals surface area contributed by atoms with E-state index in [9.17, 15) is 4.79 Å². The molecule has 0 aliphatic rings. The van der Waals surface area contributed by atoms with Crippen molar-refractivity contribution >= 4 is 11.9 Å². The van der Waals surface area contributed by atoms with Gasteiger partial charge in [-0.3, -0.25) is 9.79 Å². The van der Waals surface area contributed by atoms with Gasteiger partial charge in [-0.15, -0.1) is 0 Å². The number of aliphatic imine (C=N–C) groups is 1. The zero-order valence-corrected chi connectivity index (χ0v) is 14.5. The first kappa shape index (κ1) is 18.4. The number of nitrogens with one attached hydrogen (secondary N) is 3. The highest BCUT2D eigenvalue weighted by molar-refractivity contribution is 5.86. The molecule has 0 unspecified atom stereocenters. The molecule has 1 heterocycles. The minimum atomic E-state index is -0.135. The maximum absolute atomic E-state index is 11.8. The third-order valence-electron chi connectivity index (χ3n) is 3.56. The largest absolute Gasteiger partial charge is 0.496 e. The monoisotopic (exact) mass is 344 g/mol. The average molecular weight is 344 g/mol. The molecule has 1 aromatic heterocycles. The van der Waals surface area contributed by atoms with Crippen LogP contribution in [0.2, 0.25) is 0 Å². The topological polar surface area (TPSA) is 87.9 Å². The predicted molar refractivity (Wildman–Crippen MR) is 96.6 cm³/mol. The maximum atomic E-state index is 11.8. The van der Waals surface area contributed by atoms with Crippen LogP contribution >= 0.6 is 0 Å². The van der Waals surface area contributed by atoms with Crippen molar-refractivity contribution in [2.75, 3.05) is 27.2 Å². The summed E-state index contributed by atoms with van der Waals surface area (Å²) < 4.78 is 10.5. The number of guanidine groups is 1. The van der Waals surface area contributed by atoms with Crippen molar-refractivity contribution in [1.29, 1.82) is 0 Å². The van der Waals surface area contributed by atoms with Gasteiger partial charge in [-0.1, -0.05) is 18.2 Å². The van der Waals surface area contributed by atoms with Gasteiger partial charge in [0.2, 0.25) is 5.91 Å². The Kier molecular flexibility index (Phi) is 7.37. The SMILES string of the molecule is CN=C(NCCc1ccccc1OC)NCC(=O)NCc1ccco1. The van der Waals surface area contributed by atoms with Crippen LogP contribution in [0.1, 0.15) is 11.3 Å². The molecule has 2 aromatic rings. The summed E-state index contributed by atoms with van der Waals surface area (Å²) in [5, 5.41) is 8.93. The van der Waals surface area contributed by atoms with Gasteiger partial charge in [0.25, 0.3) is 0 Å². The first-order valence-electron chi connectivity index (χ1n) is 8.08. The molecule has 0 atom stereocenters. The third kappa shape index (κ3) is 6.21. The van der Waals surface area contributed by atoms with Gasteiger partial charge < -0.3 is 25.1 Å². The van der Waals surface area contributed by atoms with Crippen LogP contribution in [-0.2, 0) is 17.8 Å². The fourth-order valence-corrected chi connectivity index (χ4v) is 2.27. The van der Waals surface area contributed by atoms with E-state index >= 15 is 0 Å². The van der Waals surface area contributed by atoms with Crippen LogP contribution in [0.4, 0.5) is 0 Å². The minimum absolute atomic E-state index is 0.134. The Morgan fingerprint density at radius 2 is 2.00 bits per heavy atom. The van der Waals surface area contributed by atoms with Gasteiger partial charge >= 0.3 is 0 Å². The zero-order chi connectivity index (χ0) is 17.9. The molecule has 1 amide bonds. The lowest BCUT2D eigenvalue weighted by atomic mass is 10.1. The Morgan fingerprint density at radius 1 is 1.16 bits per heavy atom. The van der Waals surface area contributed by atoms with Crippen molar-refractivity contribution in [3.05, 3.63) is 54.0 Å². The molecule has 3 N–H and O–H groups in total. The summed E-state index contributed by atoms with van der Waals surface area (Å²) in [4.78, 5) is 15.9. The number of rotatable bonds is 8. The molecule has 0 radical (unpaired) electrons. The Bertz CT molecular complexity index is 683. The lowest BCUT2D eigenvalue weighted by Gasteiger charge is -2.13. The highest BCUT2D eigenvalue weighted by atomic mass is 16.5. The van der Waals surface area contributed by atoms with Crippen LogP contribution < -0.4 is 20.7 Å². The van der Waals surface area contributed by atoms with Gasteiger partial charge in [-0.2, -0.15) is 0 Å². The summed E-state index contributed by atoms with van der Waals surface area (Å²) in [5.74, 6) is 2.02. The molecular weight excluding hydrogens is 320 g/mol. The smallest absolute Gasteiger partial charge is 0.239 e. The molecule has 0 saturated heterocycles.